The Balaban J connectivity index is 1.39. The fourth-order valence-electron chi connectivity index (χ4n) is 3.69. The maximum Gasteiger partial charge on any atom is 0.319 e. The highest BCUT2D eigenvalue weighted by Crippen LogP contribution is 2.27. The fraction of sp³-hybridized carbons (Fsp3) is 0.217. The molecule has 0 radical (unpaired) electrons. The van der Waals surface area contributed by atoms with E-state index in [-0.39, 0.29) is 23.4 Å². The molecule has 1 unspecified atom stereocenters. The lowest BCUT2D eigenvalue weighted by molar-refractivity contribution is 0.247. The van der Waals surface area contributed by atoms with Gasteiger partial charge in [-0.2, -0.15) is 0 Å². The Morgan fingerprint density at radius 2 is 1.86 bits per heavy atom. The summed E-state index contributed by atoms with van der Waals surface area (Å²) < 4.78 is 14.6. The van der Waals surface area contributed by atoms with E-state index < -0.39 is 0 Å². The van der Waals surface area contributed by atoms with Gasteiger partial charge in [0.25, 0.3) is 5.56 Å². The summed E-state index contributed by atoms with van der Waals surface area (Å²) >= 11 is 0. The van der Waals surface area contributed by atoms with E-state index in [0.717, 1.165) is 35.7 Å². The number of aromatic nitrogens is 1. The number of hydrogen-bond donors (Lipinski definition) is 2. The molecule has 3 aromatic rings. The second-order valence-corrected chi connectivity index (χ2v) is 7.31. The molecular formula is C23H22FN3O2. The average Bonchev–Trinajstić information content (AvgIpc) is 2.72. The molecule has 1 aliphatic rings. The van der Waals surface area contributed by atoms with Crippen LogP contribution in [-0.4, -0.2) is 16.6 Å². The number of nitrogens with one attached hydrogen (secondary N) is 2. The van der Waals surface area contributed by atoms with Gasteiger partial charge in [0.15, 0.2) is 0 Å². The Bertz CT molecular complexity index is 1150. The molecule has 1 atom stereocenters. The number of pyridine rings is 1. The van der Waals surface area contributed by atoms with Crippen molar-refractivity contribution in [3.05, 3.63) is 82.4 Å². The first-order chi connectivity index (χ1) is 14.0. The average molecular weight is 391 g/mol. The van der Waals surface area contributed by atoms with Crippen LogP contribution in [0.5, 0.6) is 0 Å². The third kappa shape index (κ3) is 4.21. The number of aryl methyl sites for hydroxylation is 1. The standard InChI is InChI=1S/C23H22FN3O2/c1-27-21-14-20(12-6-17(21)7-13-22(27)28)26-23(29)25-19-10-4-16(5-11-19)15-2-8-18(24)9-3-15/h2-4,6-9,12-14,19H,5,10-11H2,1H3,(H2,25,26,29). The number of benzene rings is 2. The number of carbonyl (C=O) groups is 1. The molecule has 6 heteroatoms. The topological polar surface area (TPSA) is 63.1 Å². The highest BCUT2D eigenvalue weighted by molar-refractivity contribution is 5.92. The van der Waals surface area contributed by atoms with E-state index in [1.165, 1.54) is 23.8 Å². The fourth-order valence-corrected chi connectivity index (χ4v) is 3.69. The van der Waals surface area contributed by atoms with Crippen LogP contribution in [-0.2, 0) is 7.05 Å². The molecule has 148 valence electrons. The Labute approximate surface area is 167 Å². The van der Waals surface area contributed by atoms with Crippen molar-refractivity contribution in [2.24, 2.45) is 7.05 Å². The van der Waals surface area contributed by atoms with Crippen molar-refractivity contribution in [1.29, 1.82) is 0 Å². The molecule has 1 aliphatic carbocycles. The van der Waals surface area contributed by atoms with Gasteiger partial charge >= 0.3 is 6.03 Å². The van der Waals surface area contributed by atoms with Gasteiger partial charge < -0.3 is 15.2 Å². The predicted molar refractivity (Wildman–Crippen MR) is 113 cm³/mol. The maximum atomic E-state index is 13.1. The van der Waals surface area contributed by atoms with Crippen LogP contribution in [0.2, 0.25) is 0 Å². The van der Waals surface area contributed by atoms with Crippen molar-refractivity contribution in [3.63, 3.8) is 0 Å². The molecule has 4 rings (SSSR count). The molecule has 0 saturated carbocycles. The number of halogens is 1. The van der Waals surface area contributed by atoms with Crippen molar-refractivity contribution in [3.8, 4) is 0 Å². The zero-order valence-corrected chi connectivity index (χ0v) is 16.1. The minimum Gasteiger partial charge on any atom is -0.335 e. The normalized spacial score (nSPS) is 16.3. The number of nitrogens with zero attached hydrogens (tertiary/aromatic N) is 1. The van der Waals surface area contributed by atoms with Gasteiger partial charge in [0.2, 0.25) is 0 Å². The Morgan fingerprint density at radius 3 is 2.59 bits per heavy atom. The van der Waals surface area contributed by atoms with Gasteiger partial charge in [0, 0.05) is 24.8 Å². The number of fused-ring (bicyclic) bond motifs is 1. The van der Waals surface area contributed by atoms with E-state index in [4.69, 9.17) is 0 Å². The first kappa shape index (κ1) is 18.9. The largest absolute Gasteiger partial charge is 0.335 e. The molecule has 2 aromatic carbocycles. The van der Waals surface area contributed by atoms with Crippen molar-refractivity contribution < 1.29 is 9.18 Å². The lowest BCUT2D eigenvalue weighted by atomic mass is 9.91. The monoisotopic (exact) mass is 391 g/mol. The third-order valence-electron chi connectivity index (χ3n) is 5.35. The summed E-state index contributed by atoms with van der Waals surface area (Å²) in [6.07, 6.45) is 4.48. The van der Waals surface area contributed by atoms with Crippen LogP contribution >= 0.6 is 0 Å². The molecule has 29 heavy (non-hydrogen) atoms. The van der Waals surface area contributed by atoms with Gasteiger partial charge in [-0.1, -0.05) is 24.3 Å². The van der Waals surface area contributed by atoms with Gasteiger partial charge in [-0.25, -0.2) is 9.18 Å². The highest BCUT2D eigenvalue weighted by atomic mass is 19.1. The Kier molecular flexibility index (Phi) is 5.16. The number of allylic oxidation sites excluding steroid dienone is 1. The lowest BCUT2D eigenvalue weighted by Crippen LogP contribution is -2.38. The summed E-state index contributed by atoms with van der Waals surface area (Å²) in [5, 5.41) is 6.78. The zero-order valence-electron chi connectivity index (χ0n) is 16.1. The summed E-state index contributed by atoms with van der Waals surface area (Å²) in [4.78, 5) is 24.2. The molecule has 1 aromatic heterocycles. The molecule has 5 nitrogen and oxygen atoms in total. The van der Waals surface area contributed by atoms with E-state index >= 15 is 0 Å². The lowest BCUT2D eigenvalue weighted by Gasteiger charge is -2.23. The summed E-state index contributed by atoms with van der Waals surface area (Å²) in [6.45, 7) is 0. The van der Waals surface area contributed by atoms with Crippen LogP contribution in [0, 0.1) is 5.82 Å². The second kappa shape index (κ2) is 7.91. The summed E-state index contributed by atoms with van der Waals surface area (Å²) in [5.41, 5.74) is 3.51. The SMILES string of the molecule is Cn1c(=O)ccc2ccc(NC(=O)NC3CC=C(c4ccc(F)cc4)CC3)cc21. The summed E-state index contributed by atoms with van der Waals surface area (Å²) in [6, 6.07) is 15.1. The molecule has 0 bridgehead atoms. The number of rotatable bonds is 3. The van der Waals surface area contributed by atoms with Crippen LogP contribution in [0.15, 0.2) is 65.5 Å². The van der Waals surface area contributed by atoms with Crippen molar-refractivity contribution in [2.75, 3.05) is 5.32 Å². The van der Waals surface area contributed by atoms with Gasteiger partial charge in [0.1, 0.15) is 5.82 Å². The van der Waals surface area contributed by atoms with E-state index in [1.54, 1.807) is 35.9 Å². The van der Waals surface area contributed by atoms with Crippen molar-refractivity contribution in [1.82, 2.24) is 9.88 Å². The molecule has 0 aliphatic heterocycles. The second-order valence-electron chi connectivity index (χ2n) is 7.31. The van der Waals surface area contributed by atoms with E-state index in [1.807, 2.05) is 12.1 Å². The summed E-state index contributed by atoms with van der Waals surface area (Å²) in [5.74, 6) is -0.241. The van der Waals surface area contributed by atoms with E-state index in [0.29, 0.717) is 5.69 Å². The molecule has 0 saturated heterocycles. The number of urea groups is 1. The quantitative estimate of drug-likeness (QED) is 0.694. The highest BCUT2D eigenvalue weighted by Gasteiger charge is 2.17. The predicted octanol–water partition coefficient (Wildman–Crippen LogP) is 4.44. The third-order valence-corrected chi connectivity index (χ3v) is 5.35. The van der Waals surface area contributed by atoms with Gasteiger partial charge in [-0.3, -0.25) is 4.79 Å². The van der Waals surface area contributed by atoms with Gasteiger partial charge in [-0.05, 0) is 66.1 Å². The molecule has 2 amide bonds. The maximum absolute atomic E-state index is 13.1. The molecule has 0 spiro atoms. The van der Waals surface area contributed by atoms with Crippen LogP contribution < -0.4 is 16.2 Å². The van der Waals surface area contributed by atoms with Crippen LogP contribution in [0.3, 0.4) is 0 Å². The number of carbonyl (C=O) groups excluding carboxylic acids is 1. The Morgan fingerprint density at radius 1 is 1.10 bits per heavy atom. The number of amides is 2. The van der Waals surface area contributed by atoms with Crippen LogP contribution in [0.25, 0.3) is 16.5 Å². The van der Waals surface area contributed by atoms with Crippen molar-refractivity contribution >= 4 is 28.2 Å². The van der Waals surface area contributed by atoms with Gasteiger partial charge in [0.05, 0.1) is 5.52 Å². The van der Waals surface area contributed by atoms with E-state index in [9.17, 15) is 14.0 Å². The summed E-state index contributed by atoms with van der Waals surface area (Å²) in [7, 11) is 1.71. The smallest absolute Gasteiger partial charge is 0.319 e. The van der Waals surface area contributed by atoms with Crippen LogP contribution in [0.1, 0.15) is 24.8 Å². The zero-order chi connectivity index (χ0) is 20.4. The van der Waals surface area contributed by atoms with E-state index in [2.05, 4.69) is 16.7 Å². The first-order valence-electron chi connectivity index (χ1n) is 9.62. The molecule has 1 heterocycles. The van der Waals surface area contributed by atoms with Crippen molar-refractivity contribution in [2.45, 2.75) is 25.3 Å². The molecular weight excluding hydrogens is 369 g/mol. The van der Waals surface area contributed by atoms with Gasteiger partial charge in [-0.15, -0.1) is 0 Å². The minimum atomic E-state index is -0.270. The number of hydrogen-bond acceptors (Lipinski definition) is 2. The minimum absolute atomic E-state index is 0.0454. The first-order valence-corrected chi connectivity index (χ1v) is 9.62. The Hall–Kier alpha value is -3.41. The number of anilines is 1. The molecule has 2 N–H and O–H groups in total. The molecule has 0 fully saturated rings. The van der Waals surface area contributed by atoms with Crippen LogP contribution in [0.4, 0.5) is 14.9 Å².